The number of aliphatic hydroxyl groups is 1. The Balaban J connectivity index is 2.01. The molecule has 1 fully saturated rings. The molecule has 7 heteroatoms. The number of methoxy groups -OCH3 is 1. The van der Waals surface area contributed by atoms with Crippen molar-refractivity contribution in [1.82, 2.24) is 9.80 Å². The maximum Gasteiger partial charge on any atom is 0.295 e. The SMILES string of the molecule is CCN(CC)CCCN1C(=O)C(=O)C(=C(O)c2ccc(OC)cc2)[C@H]1c1ccc(OC(C)C)cc1. The zero-order valence-corrected chi connectivity index (χ0v) is 21.3. The summed E-state index contributed by atoms with van der Waals surface area (Å²) in [4.78, 5) is 30.2. The second-order valence-corrected chi connectivity index (χ2v) is 8.84. The van der Waals surface area contributed by atoms with E-state index in [1.807, 2.05) is 38.1 Å². The molecule has 1 amide bonds. The van der Waals surface area contributed by atoms with Gasteiger partial charge in [-0.05, 0) is 81.9 Å². The first-order valence-electron chi connectivity index (χ1n) is 12.2. The highest BCUT2D eigenvalue weighted by molar-refractivity contribution is 6.46. The molecule has 1 heterocycles. The third kappa shape index (κ3) is 6.03. The van der Waals surface area contributed by atoms with E-state index in [-0.39, 0.29) is 17.4 Å². The number of benzene rings is 2. The molecule has 0 radical (unpaired) electrons. The van der Waals surface area contributed by atoms with Gasteiger partial charge < -0.3 is 24.4 Å². The molecule has 1 aliphatic rings. The number of likely N-dealkylation sites (tertiary alicyclic amines) is 1. The minimum atomic E-state index is -0.679. The number of Topliss-reactive ketones (excluding diaryl/α,β-unsaturated/α-hetero) is 1. The van der Waals surface area contributed by atoms with Crippen molar-refractivity contribution >= 4 is 17.4 Å². The van der Waals surface area contributed by atoms with Crippen molar-refractivity contribution in [2.75, 3.05) is 33.3 Å². The highest BCUT2D eigenvalue weighted by Gasteiger charge is 2.45. The summed E-state index contributed by atoms with van der Waals surface area (Å²) in [5.41, 5.74) is 1.30. The van der Waals surface area contributed by atoms with Crippen molar-refractivity contribution in [3.63, 3.8) is 0 Å². The lowest BCUT2D eigenvalue weighted by Crippen LogP contribution is -2.33. The van der Waals surface area contributed by atoms with Crippen molar-refractivity contribution < 1.29 is 24.2 Å². The smallest absolute Gasteiger partial charge is 0.295 e. The van der Waals surface area contributed by atoms with Crippen molar-refractivity contribution in [2.24, 2.45) is 0 Å². The normalized spacial score (nSPS) is 17.5. The van der Waals surface area contributed by atoms with E-state index in [0.717, 1.165) is 31.6 Å². The Morgan fingerprint density at radius 1 is 1.00 bits per heavy atom. The summed E-state index contributed by atoms with van der Waals surface area (Å²) in [7, 11) is 1.56. The summed E-state index contributed by atoms with van der Waals surface area (Å²) in [6, 6.07) is 13.5. The number of nitrogens with zero attached hydrogens (tertiary/aromatic N) is 2. The highest BCUT2D eigenvalue weighted by Crippen LogP contribution is 2.40. The number of aliphatic hydroxyl groups excluding tert-OH is 1. The van der Waals surface area contributed by atoms with Crippen molar-refractivity contribution in [3.8, 4) is 11.5 Å². The standard InChI is InChI=1S/C28H36N2O5/c1-6-29(7-2)17-8-18-30-25(20-9-15-23(16-10-20)35-19(3)4)24(27(32)28(30)33)26(31)21-11-13-22(34-5)14-12-21/h9-16,19,25,31H,6-8,17-18H2,1-5H3/t25-/m1/s1. The molecular formula is C28H36N2O5. The number of ether oxygens (including phenoxy) is 2. The Morgan fingerprint density at radius 2 is 1.60 bits per heavy atom. The lowest BCUT2D eigenvalue weighted by molar-refractivity contribution is -0.140. The van der Waals surface area contributed by atoms with E-state index in [2.05, 4.69) is 18.7 Å². The lowest BCUT2D eigenvalue weighted by Gasteiger charge is -2.27. The van der Waals surface area contributed by atoms with Crippen LogP contribution in [0.15, 0.2) is 54.1 Å². The van der Waals surface area contributed by atoms with E-state index in [9.17, 15) is 14.7 Å². The first-order chi connectivity index (χ1) is 16.8. The number of amides is 1. The number of rotatable bonds is 11. The van der Waals surface area contributed by atoms with Gasteiger partial charge in [-0.25, -0.2) is 0 Å². The van der Waals surface area contributed by atoms with Gasteiger partial charge in [-0.15, -0.1) is 0 Å². The van der Waals surface area contributed by atoms with Crippen LogP contribution in [-0.4, -0.2) is 66.0 Å². The zero-order valence-electron chi connectivity index (χ0n) is 21.3. The Labute approximate surface area is 207 Å². The van der Waals surface area contributed by atoms with Crippen LogP contribution in [0, 0.1) is 0 Å². The zero-order chi connectivity index (χ0) is 25.5. The van der Waals surface area contributed by atoms with Gasteiger partial charge in [0.25, 0.3) is 11.7 Å². The molecule has 0 bridgehead atoms. The van der Waals surface area contributed by atoms with Gasteiger partial charge in [0, 0.05) is 12.1 Å². The Kier molecular flexibility index (Phi) is 8.93. The molecule has 2 aromatic carbocycles. The molecule has 0 spiro atoms. The second-order valence-electron chi connectivity index (χ2n) is 8.84. The van der Waals surface area contributed by atoms with E-state index in [1.54, 1.807) is 36.3 Å². The number of hydrogen-bond acceptors (Lipinski definition) is 6. The molecule has 1 N–H and O–H groups in total. The van der Waals surface area contributed by atoms with E-state index in [0.29, 0.717) is 23.6 Å². The Bertz CT molecular complexity index is 1040. The third-order valence-corrected chi connectivity index (χ3v) is 6.24. The molecular weight excluding hydrogens is 444 g/mol. The van der Waals surface area contributed by atoms with Gasteiger partial charge in [0.05, 0.1) is 24.8 Å². The van der Waals surface area contributed by atoms with Gasteiger partial charge in [-0.2, -0.15) is 0 Å². The number of carbonyl (C=O) groups excluding carboxylic acids is 2. The van der Waals surface area contributed by atoms with Gasteiger partial charge in [0.15, 0.2) is 0 Å². The van der Waals surface area contributed by atoms with Crippen LogP contribution < -0.4 is 9.47 Å². The summed E-state index contributed by atoms with van der Waals surface area (Å²) in [5.74, 6) is -0.112. The van der Waals surface area contributed by atoms with Crippen LogP contribution in [0.25, 0.3) is 5.76 Å². The topological polar surface area (TPSA) is 79.3 Å². The van der Waals surface area contributed by atoms with Gasteiger partial charge in [-0.3, -0.25) is 9.59 Å². The van der Waals surface area contributed by atoms with E-state index in [4.69, 9.17) is 9.47 Å². The molecule has 0 aromatic heterocycles. The predicted molar refractivity (Wildman–Crippen MR) is 137 cm³/mol. The van der Waals surface area contributed by atoms with Crippen LogP contribution in [0.3, 0.4) is 0 Å². The fraction of sp³-hybridized carbons (Fsp3) is 0.429. The van der Waals surface area contributed by atoms with Crippen molar-refractivity contribution in [3.05, 3.63) is 65.2 Å². The molecule has 2 aromatic rings. The second kappa shape index (κ2) is 11.9. The molecule has 35 heavy (non-hydrogen) atoms. The fourth-order valence-corrected chi connectivity index (χ4v) is 4.37. The van der Waals surface area contributed by atoms with Crippen LogP contribution in [0.2, 0.25) is 0 Å². The number of hydrogen-bond donors (Lipinski definition) is 1. The Hall–Kier alpha value is -3.32. The average Bonchev–Trinajstić information content (AvgIpc) is 3.11. The number of ketones is 1. The monoisotopic (exact) mass is 480 g/mol. The molecule has 0 saturated carbocycles. The Morgan fingerprint density at radius 3 is 2.14 bits per heavy atom. The van der Waals surface area contributed by atoms with E-state index < -0.39 is 17.7 Å². The van der Waals surface area contributed by atoms with Gasteiger partial charge in [0.1, 0.15) is 17.3 Å². The summed E-state index contributed by atoms with van der Waals surface area (Å²) >= 11 is 0. The van der Waals surface area contributed by atoms with Crippen molar-refractivity contribution in [1.29, 1.82) is 0 Å². The molecule has 7 nitrogen and oxygen atoms in total. The molecule has 3 rings (SSSR count). The van der Waals surface area contributed by atoms with Gasteiger partial charge in [-0.1, -0.05) is 26.0 Å². The largest absolute Gasteiger partial charge is 0.507 e. The minimum absolute atomic E-state index is 0.0293. The average molecular weight is 481 g/mol. The third-order valence-electron chi connectivity index (χ3n) is 6.24. The number of carbonyl (C=O) groups is 2. The molecule has 1 aliphatic heterocycles. The first kappa shape index (κ1) is 26.3. The van der Waals surface area contributed by atoms with Crippen LogP contribution in [0.4, 0.5) is 0 Å². The molecule has 188 valence electrons. The molecule has 1 atom stereocenters. The first-order valence-corrected chi connectivity index (χ1v) is 12.2. The minimum Gasteiger partial charge on any atom is -0.507 e. The van der Waals surface area contributed by atoms with E-state index in [1.165, 1.54) is 0 Å². The molecule has 0 unspecified atom stereocenters. The maximum absolute atomic E-state index is 13.2. The van der Waals surface area contributed by atoms with Crippen LogP contribution in [0.1, 0.15) is 51.3 Å². The molecule has 0 aliphatic carbocycles. The summed E-state index contributed by atoms with van der Waals surface area (Å²) in [5, 5.41) is 11.2. The van der Waals surface area contributed by atoms with Crippen LogP contribution >= 0.6 is 0 Å². The van der Waals surface area contributed by atoms with Gasteiger partial charge in [0.2, 0.25) is 0 Å². The van der Waals surface area contributed by atoms with E-state index >= 15 is 0 Å². The predicted octanol–water partition coefficient (Wildman–Crippen LogP) is 4.64. The molecule has 1 saturated heterocycles. The fourth-order valence-electron chi connectivity index (χ4n) is 4.37. The van der Waals surface area contributed by atoms with Crippen LogP contribution in [0.5, 0.6) is 11.5 Å². The van der Waals surface area contributed by atoms with Crippen molar-refractivity contribution in [2.45, 2.75) is 46.3 Å². The quantitative estimate of drug-likeness (QED) is 0.287. The lowest BCUT2D eigenvalue weighted by atomic mass is 9.95. The summed E-state index contributed by atoms with van der Waals surface area (Å²) in [6.45, 7) is 11.2. The van der Waals surface area contributed by atoms with Gasteiger partial charge >= 0.3 is 0 Å². The summed E-state index contributed by atoms with van der Waals surface area (Å²) < 4.78 is 11.0. The summed E-state index contributed by atoms with van der Waals surface area (Å²) in [6.07, 6.45) is 0.754. The maximum atomic E-state index is 13.2. The van der Waals surface area contributed by atoms with Crippen LogP contribution in [-0.2, 0) is 9.59 Å². The highest BCUT2D eigenvalue weighted by atomic mass is 16.5.